The molecule has 0 N–H and O–H groups in total. The lowest BCUT2D eigenvalue weighted by molar-refractivity contribution is -0.153. The first-order valence-corrected chi connectivity index (χ1v) is 10.0. The predicted molar refractivity (Wildman–Crippen MR) is 99.8 cm³/mol. The van der Waals surface area contributed by atoms with E-state index in [1.807, 2.05) is 11.0 Å². The maximum Gasteiger partial charge on any atom is 0.225 e. The zero-order chi connectivity index (χ0) is 17.8. The maximum absolute atomic E-state index is 12.8. The molecule has 1 amide bonds. The van der Waals surface area contributed by atoms with Crippen LogP contribution < -0.4 is 0 Å². The Kier molecular flexibility index (Phi) is 5.57. The van der Waals surface area contributed by atoms with Crippen LogP contribution in [0.5, 0.6) is 0 Å². The smallest absolute Gasteiger partial charge is 0.225 e. The SMILES string of the molecule is O=C(C[C@H]1CN(Cc2ccccc2)CCO1)N1CCOC2(CCCC2)C1. The summed E-state index contributed by atoms with van der Waals surface area (Å²) in [5, 5.41) is 0. The van der Waals surface area contributed by atoms with E-state index in [0.29, 0.717) is 19.6 Å². The molecule has 2 aliphatic heterocycles. The second kappa shape index (κ2) is 8.07. The molecule has 5 nitrogen and oxygen atoms in total. The summed E-state index contributed by atoms with van der Waals surface area (Å²) in [6.07, 6.45) is 5.14. The lowest BCUT2D eigenvalue weighted by Crippen LogP contribution is -2.53. The van der Waals surface area contributed by atoms with Crippen molar-refractivity contribution in [1.29, 1.82) is 0 Å². The fourth-order valence-corrected chi connectivity index (χ4v) is 4.59. The molecule has 1 aromatic rings. The number of carbonyl (C=O) groups excluding carboxylic acids is 1. The van der Waals surface area contributed by atoms with Gasteiger partial charge in [0.15, 0.2) is 0 Å². The van der Waals surface area contributed by atoms with E-state index in [9.17, 15) is 4.79 Å². The third-order valence-corrected chi connectivity index (χ3v) is 5.99. The van der Waals surface area contributed by atoms with Crippen molar-refractivity contribution >= 4 is 5.91 Å². The van der Waals surface area contributed by atoms with Crippen molar-refractivity contribution in [1.82, 2.24) is 9.80 Å². The molecule has 3 fully saturated rings. The molecule has 2 heterocycles. The van der Waals surface area contributed by atoms with E-state index < -0.39 is 0 Å². The number of nitrogens with zero attached hydrogens (tertiary/aromatic N) is 2. The summed E-state index contributed by atoms with van der Waals surface area (Å²) < 4.78 is 12.0. The van der Waals surface area contributed by atoms with Crippen LogP contribution in [0.4, 0.5) is 0 Å². The molecular weight excluding hydrogens is 328 g/mol. The molecule has 0 aromatic heterocycles. The molecule has 2 saturated heterocycles. The summed E-state index contributed by atoms with van der Waals surface area (Å²) in [6, 6.07) is 10.5. The molecule has 26 heavy (non-hydrogen) atoms. The van der Waals surface area contributed by atoms with Crippen LogP contribution in [-0.2, 0) is 20.8 Å². The van der Waals surface area contributed by atoms with Gasteiger partial charge in [-0.2, -0.15) is 0 Å². The number of hydrogen-bond acceptors (Lipinski definition) is 4. The quantitative estimate of drug-likeness (QED) is 0.829. The minimum Gasteiger partial charge on any atom is -0.375 e. The van der Waals surface area contributed by atoms with Gasteiger partial charge < -0.3 is 14.4 Å². The zero-order valence-corrected chi connectivity index (χ0v) is 15.6. The predicted octanol–water partition coefficient (Wildman–Crippen LogP) is 2.45. The van der Waals surface area contributed by atoms with Crippen LogP contribution >= 0.6 is 0 Å². The molecule has 142 valence electrons. The summed E-state index contributed by atoms with van der Waals surface area (Å²) in [7, 11) is 0. The second-order valence-corrected chi connectivity index (χ2v) is 7.97. The number of amides is 1. The van der Waals surface area contributed by atoms with Gasteiger partial charge in [0.25, 0.3) is 0 Å². The average Bonchev–Trinajstić information content (AvgIpc) is 3.10. The Bertz CT molecular complexity index is 601. The van der Waals surface area contributed by atoms with E-state index in [1.165, 1.54) is 18.4 Å². The first-order chi connectivity index (χ1) is 12.7. The van der Waals surface area contributed by atoms with Gasteiger partial charge in [-0.25, -0.2) is 0 Å². The largest absolute Gasteiger partial charge is 0.375 e. The second-order valence-electron chi connectivity index (χ2n) is 7.97. The highest BCUT2D eigenvalue weighted by Crippen LogP contribution is 2.36. The Morgan fingerprint density at radius 2 is 1.92 bits per heavy atom. The Morgan fingerprint density at radius 1 is 1.12 bits per heavy atom. The van der Waals surface area contributed by atoms with Gasteiger partial charge >= 0.3 is 0 Å². The number of rotatable bonds is 4. The third-order valence-electron chi connectivity index (χ3n) is 5.99. The Hall–Kier alpha value is -1.43. The van der Waals surface area contributed by atoms with Crippen LogP contribution in [0.25, 0.3) is 0 Å². The lowest BCUT2D eigenvalue weighted by Gasteiger charge is -2.41. The highest BCUT2D eigenvalue weighted by atomic mass is 16.5. The van der Waals surface area contributed by atoms with Crippen molar-refractivity contribution in [2.24, 2.45) is 0 Å². The van der Waals surface area contributed by atoms with E-state index in [-0.39, 0.29) is 17.6 Å². The summed E-state index contributed by atoms with van der Waals surface area (Å²) in [5.74, 6) is 0.228. The molecule has 1 spiro atoms. The Morgan fingerprint density at radius 3 is 2.73 bits per heavy atom. The van der Waals surface area contributed by atoms with Crippen LogP contribution in [0.15, 0.2) is 30.3 Å². The number of carbonyl (C=O) groups is 1. The summed E-state index contributed by atoms with van der Waals surface area (Å²) in [6.45, 7) is 5.56. The van der Waals surface area contributed by atoms with Crippen molar-refractivity contribution in [3.05, 3.63) is 35.9 Å². The van der Waals surface area contributed by atoms with Crippen LogP contribution in [-0.4, -0.2) is 66.8 Å². The van der Waals surface area contributed by atoms with E-state index in [0.717, 1.165) is 45.6 Å². The van der Waals surface area contributed by atoms with Crippen molar-refractivity contribution in [2.45, 2.75) is 50.4 Å². The van der Waals surface area contributed by atoms with Gasteiger partial charge in [-0.15, -0.1) is 0 Å². The number of morpholine rings is 2. The van der Waals surface area contributed by atoms with Gasteiger partial charge in [-0.05, 0) is 18.4 Å². The van der Waals surface area contributed by atoms with Crippen LogP contribution in [0.1, 0.15) is 37.7 Å². The zero-order valence-electron chi connectivity index (χ0n) is 15.6. The number of ether oxygens (including phenoxy) is 2. The molecule has 3 aliphatic rings. The molecule has 1 atom stereocenters. The standard InChI is InChI=1S/C21H30N2O3/c24-20(23-11-13-26-21(17-23)8-4-5-9-21)14-19-16-22(10-12-25-19)15-18-6-2-1-3-7-18/h1-3,6-7,19H,4-5,8-17H2/t19-/m0/s1. The van der Waals surface area contributed by atoms with Gasteiger partial charge in [0.05, 0.1) is 31.3 Å². The lowest BCUT2D eigenvalue weighted by atomic mass is 9.99. The van der Waals surface area contributed by atoms with Crippen molar-refractivity contribution < 1.29 is 14.3 Å². The minimum absolute atomic E-state index is 0.00216. The van der Waals surface area contributed by atoms with E-state index in [1.54, 1.807) is 0 Å². The van der Waals surface area contributed by atoms with E-state index in [2.05, 4.69) is 29.2 Å². The highest BCUT2D eigenvalue weighted by molar-refractivity contribution is 5.77. The van der Waals surface area contributed by atoms with Crippen LogP contribution in [0.3, 0.4) is 0 Å². The number of hydrogen-bond donors (Lipinski definition) is 0. The van der Waals surface area contributed by atoms with E-state index in [4.69, 9.17) is 9.47 Å². The normalized spacial score (nSPS) is 26.3. The van der Waals surface area contributed by atoms with Crippen molar-refractivity contribution in [2.75, 3.05) is 39.4 Å². The minimum atomic E-state index is -0.0549. The molecule has 1 saturated carbocycles. The first-order valence-electron chi connectivity index (χ1n) is 10.0. The fraction of sp³-hybridized carbons (Fsp3) is 0.667. The Balaban J connectivity index is 1.29. The highest BCUT2D eigenvalue weighted by Gasteiger charge is 2.40. The molecule has 1 aliphatic carbocycles. The monoisotopic (exact) mass is 358 g/mol. The van der Waals surface area contributed by atoms with Gasteiger partial charge in [0, 0.05) is 32.7 Å². The molecular formula is C21H30N2O3. The summed E-state index contributed by atoms with van der Waals surface area (Å²) >= 11 is 0. The van der Waals surface area contributed by atoms with Gasteiger partial charge in [0.1, 0.15) is 0 Å². The van der Waals surface area contributed by atoms with Gasteiger partial charge in [-0.1, -0.05) is 43.2 Å². The fourth-order valence-electron chi connectivity index (χ4n) is 4.59. The summed E-state index contributed by atoms with van der Waals surface area (Å²) in [4.78, 5) is 17.3. The topological polar surface area (TPSA) is 42.0 Å². The Labute approximate surface area is 156 Å². The van der Waals surface area contributed by atoms with Gasteiger partial charge in [-0.3, -0.25) is 9.69 Å². The maximum atomic E-state index is 12.8. The molecule has 0 radical (unpaired) electrons. The third kappa shape index (κ3) is 4.27. The van der Waals surface area contributed by atoms with Crippen molar-refractivity contribution in [3.8, 4) is 0 Å². The van der Waals surface area contributed by atoms with Crippen LogP contribution in [0, 0.1) is 0 Å². The molecule has 0 bridgehead atoms. The molecule has 0 unspecified atom stereocenters. The van der Waals surface area contributed by atoms with Crippen LogP contribution in [0.2, 0.25) is 0 Å². The first kappa shape index (κ1) is 18.0. The average molecular weight is 358 g/mol. The summed E-state index contributed by atoms with van der Waals surface area (Å²) in [5.41, 5.74) is 1.26. The number of benzene rings is 1. The molecule has 1 aromatic carbocycles. The van der Waals surface area contributed by atoms with E-state index >= 15 is 0 Å². The molecule has 4 rings (SSSR count). The van der Waals surface area contributed by atoms with Gasteiger partial charge in [0.2, 0.25) is 5.91 Å². The van der Waals surface area contributed by atoms with Crippen molar-refractivity contribution in [3.63, 3.8) is 0 Å². The molecule has 5 heteroatoms.